The highest BCUT2D eigenvalue weighted by Crippen LogP contribution is 2.15. The molecular weight excluding hydrogens is 269 g/mol. The van der Waals surface area contributed by atoms with Crippen molar-refractivity contribution in [3.8, 4) is 0 Å². The lowest BCUT2D eigenvalue weighted by molar-refractivity contribution is 0.178. The molecule has 0 fully saturated rings. The third-order valence-corrected chi connectivity index (χ3v) is 3.44. The molecule has 0 aromatic carbocycles. The molecule has 4 nitrogen and oxygen atoms in total. The molecule has 0 aliphatic rings. The zero-order chi connectivity index (χ0) is 15.5. The third-order valence-electron chi connectivity index (χ3n) is 3.44. The Balaban J connectivity index is 2.47. The molecule has 0 saturated carbocycles. The first kappa shape index (κ1) is 18.0. The molecule has 0 amide bonds. The van der Waals surface area contributed by atoms with E-state index in [0.29, 0.717) is 0 Å². The van der Waals surface area contributed by atoms with Crippen LogP contribution in [0, 0.1) is 5.82 Å². The quantitative estimate of drug-likeness (QED) is 0.637. The fourth-order valence-corrected chi connectivity index (χ4v) is 2.21. The van der Waals surface area contributed by atoms with E-state index in [-0.39, 0.29) is 11.9 Å². The van der Waals surface area contributed by atoms with Crippen LogP contribution in [0.5, 0.6) is 0 Å². The maximum Gasteiger partial charge on any atom is 0.141 e. The number of halogens is 1. The summed E-state index contributed by atoms with van der Waals surface area (Å²) in [5.41, 5.74) is 0.912. The van der Waals surface area contributed by atoms with Crippen molar-refractivity contribution in [1.29, 1.82) is 0 Å². The number of hydrogen-bond donors (Lipinski definition) is 1. The van der Waals surface area contributed by atoms with Gasteiger partial charge in [0.1, 0.15) is 5.82 Å². The van der Waals surface area contributed by atoms with Gasteiger partial charge in [-0.3, -0.25) is 4.98 Å². The molecular formula is C16H28FN3O. The summed E-state index contributed by atoms with van der Waals surface area (Å²) in [6.07, 6.45) is 4.36. The Kier molecular flexibility index (Phi) is 9.14. The SMILES string of the molecule is CCCNC(CCN(C)CCCOC)c1ccc(F)cn1. The van der Waals surface area contributed by atoms with Crippen molar-refractivity contribution in [3.05, 3.63) is 29.8 Å². The van der Waals surface area contributed by atoms with Gasteiger partial charge in [0.05, 0.1) is 17.9 Å². The predicted molar refractivity (Wildman–Crippen MR) is 83.8 cm³/mol. The Hall–Kier alpha value is -1.04. The van der Waals surface area contributed by atoms with Crippen molar-refractivity contribution in [1.82, 2.24) is 15.2 Å². The van der Waals surface area contributed by atoms with Gasteiger partial charge in [0.25, 0.3) is 0 Å². The summed E-state index contributed by atoms with van der Waals surface area (Å²) in [6.45, 7) is 5.87. The zero-order valence-electron chi connectivity index (χ0n) is 13.4. The first-order valence-electron chi connectivity index (χ1n) is 7.69. The average molecular weight is 297 g/mol. The molecule has 0 radical (unpaired) electrons. The first-order valence-corrected chi connectivity index (χ1v) is 7.69. The summed E-state index contributed by atoms with van der Waals surface area (Å²) >= 11 is 0. The molecule has 0 aliphatic heterocycles. The van der Waals surface area contributed by atoms with E-state index in [1.165, 1.54) is 12.3 Å². The van der Waals surface area contributed by atoms with Gasteiger partial charge in [-0.1, -0.05) is 6.92 Å². The Bertz CT molecular complexity index is 372. The molecule has 1 atom stereocenters. The van der Waals surface area contributed by atoms with Crippen LogP contribution in [0.25, 0.3) is 0 Å². The molecule has 21 heavy (non-hydrogen) atoms. The smallest absolute Gasteiger partial charge is 0.141 e. The molecule has 120 valence electrons. The highest BCUT2D eigenvalue weighted by atomic mass is 19.1. The molecule has 5 heteroatoms. The number of nitrogens with zero attached hydrogens (tertiary/aromatic N) is 2. The maximum absolute atomic E-state index is 13.0. The molecule has 1 aromatic rings. The Morgan fingerprint density at radius 2 is 2.19 bits per heavy atom. The van der Waals surface area contributed by atoms with Crippen LogP contribution in [-0.4, -0.2) is 50.3 Å². The summed E-state index contributed by atoms with van der Waals surface area (Å²) in [5.74, 6) is -0.287. The van der Waals surface area contributed by atoms with Gasteiger partial charge >= 0.3 is 0 Å². The standard InChI is InChI=1S/C16H28FN3O/c1-4-9-18-16(15-7-6-14(17)13-19-15)8-11-20(2)10-5-12-21-3/h6-7,13,16,18H,4-5,8-12H2,1-3H3. The summed E-state index contributed by atoms with van der Waals surface area (Å²) in [7, 11) is 3.84. The lowest BCUT2D eigenvalue weighted by Crippen LogP contribution is -2.29. The molecule has 1 aromatic heterocycles. The monoisotopic (exact) mass is 297 g/mol. The van der Waals surface area contributed by atoms with Crippen molar-refractivity contribution in [2.24, 2.45) is 0 Å². The fraction of sp³-hybridized carbons (Fsp3) is 0.688. The summed E-state index contributed by atoms with van der Waals surface area (Å²) in [4.78, 5) is 6.50. The summed E-state index contributed by atoms with van der Waals surface area (Å²) < 4.78 is 18.1. The second-order valence-corrected chi connectivity index (χ2v) is 5.35. The second kappa shape index (κ2) is 10.7. The van der Waals surface area contributed by atoms with Crippen molar-refractivity contribution >= 4 is 0 Å². The highest BCUT2D eigenvalue weighted by Gasteiger charge is 2.13. The van der Waals surface area contributed by atoms with Crippen molar-refractivity contribution in [2.75, 3.05) is 40.4 Å². The number of aromatic nitrogens is 1. The lowest BCUT2D eigenvalue weighted by Gasteiger charge is -2.22. The number of nitrogens with one attached hydrogen (secondary N) is 1. The number of pyridine rings is 1. The number of ether oxygens (including phenoxy) is 1. The zero-order valence-corrected chi connectivity index (χ0v) is 13.4. The van der Waals surface area contributed by atoms with Crippen LogP contribution in [0.2, 0.25) is 0 Å². The number of methoxy groups -OCH3 is 1. The van der Waals surface area contributed by atoms with Gasteiger partial charge in [0.15, 0.2) is 0 Å². The minimum Gasteiger partial charge on any atom is -0.385 e. The molecule has 1 heterocycles. The Morgan fingerprint density at radius 1 is 1.38 bits per heavy atom. The van der Waals surface area contributed by atoms with Crippen LogP contribution < -0.4 is 5.32 Å². The minimum atomic E-state index is -0.287. The third kappa shape index (κ3) is 7.50. The molecule has 0 saturated heterocycles. The topological polar surface area (TPSA) is 37.4 Å². The first-order chi connectivity index (χ1) is 10.2. The van der Waals surface area contributed by atoms with E-state index in [0.717, 1.165) is 51.2 Å². The number of rotatable bonds is 11. The normalized spacial score (nSPS) is 12.8. The van der Waals surface area contributed by atoms with Crippen LogP contribution in [0.3, 0.4) is 0 Å². The van der Waals surface area contributed by atoms with Gasteiger partial charge in [0, 0.05) is 20.3 Å². The van der Waals surface area contributed by atoms with E-state index in [4.69, 9.17) is 4.74 Å². The van der Waals surface area contributed by atoms with E-state index < -0.39 is 0 Å². The van der Waals surface area contributed by atoms with E-state index in [9.17, 15) is 4.39 Å². The summed E-state index contributed by atoms with van der Waals surface area (Å²) in [6, 6.07) is 3.43. The van der Waals surface area contributed by atoms with E-state index in [1.54, 1.807) is 13.2 Å². The molecule has 0 spiro atoms. The van der Waals surface area contributed by atoms with Crippen LogP contribution in [0.4, 0.5) is 4.39 Å². The van der Waals surface area contributed by atoms with E-state index >= 15 is 0 Å². The predicted octanol–water partition coefficient (Wildman–Crippen LogP) is 2.62. The van der Waals surface area contributed by atoms with Gasteiger partial charge < -0.3 is 15.0 Å². The molecule has 1 unspecified atom stereocenters. The van der Waals surface area contributed by atoms with Crippen molar-refractivity contribution < 1.29 is 9.13 Å². The van der Waals surface area contributed by atoms with Crippen LogP contribution in [0.15, 0.2) is 18.3 Å². The Labute approximate surface area is 127 Å². The highest BCUT2D eigenvalue weighted by molar-refractivity contribution is 5.10. The maximum atomic E-state index is 13.0. The lowest BCUT2D eigenvalue weighted by atomic mass is 10.1. The summed E-state index contributed by atoms with van der Waals surface area (Å²) in [5, 5.41) is 3.49. The van der Waals surface area contributed by atoms with Crippen molar-refractivity contribution in [3.63, 3.8) is 0 Å². The van der Waals surface area contributed by atoms with Gasteiger partial charge in [-0.05, 0) is 51.5 Å². The van der Waals surface area contributed by atoms with Crippen LogP contribution in [0.1, 0.15) is 37.9 Å². The van der Waals surface area contributed by atoms with Crippen molar-refractivity contribution in [2.45, 2.75) is 32.2 Å². The Morgan fingerprint density at radius 3 is 2.81 bits per heavy atom. The van der Waals surface area contributed by atoms with E-state index in [1.807, 2.05) is 0 Å². The second-order valence-electron chi connectivity index (χ2n) is 5.35. The van der Waals surface area contributed by atoms with Gasteiger partial charge in [-0.25, -0.2) is 4.39 Å². The van der Waals surface area contributed by atoms with Gasteiger partial charge in [-0.15, -0.1) is 0 Å². The largest absolute Gasteiger partial charge is 0.385 e. The average Bonchev–Trinajstić information content (AvgIpc) is 2.49. The van der Waals surface area contributed by atoms with Gasteiger partial charge in [-0.2, -0.15) is 0 Å². The van der Waals surface area contributed by atoms with Gasteiger partial charge in [0.2, 0.25) is 0 Å². The van der Waals surface area contributed by atoms with E-state index in [2.05, 4.69) is 29.2 Å². The molecule has 0 bridgehead atoms. The molecule has 1 rings (SSSR count). The fourth-order valence-electron chi connectivity index (χ4n) is 2.21. The van der Waals surface area contributed by atoms with Crippen LogP contribution >= 0.6 is 0 Å². The molecule has 1 N–H and O–H groups in total. The van der Waals surface area contributed by atoms with Crippen LogP contribution in [-0.2, 0) is 4.74 Å². The number of hydrogen-bond acceptors (Lipinski definition) is 4. The molecule has 0 aliphatic carbocycles. The minimum absolute atomic E-state index is 0.176.